The number of hydrogen-bond acceptors (Lipinski definition) is 4. The van der Waals surface area contributed by atoms with Crippen molar-refractivity contribution < 1.29 is 18.3 Å². The van der Waals surface area contributed by atoms with Crippen LogP contribution in [0.4, 0.5) is 0 Å². The number of carbonyl (C=O) groups is 1. The largest absolute Gasteiger partial charge is 0.479 e. The van der Waals surface area contributed by atoms with E-state index < -0.39 is 21.7 Å². The van der Waals surface area contributed by atoms with Gasteiger partial charge in [-0.2, -0.15) is 22.1 Å². The second-order valence-corrected chi connectivity index (χ2v) is 7.73. The van der Waals surface area contributed by atoms with Crippen LogP contribution in [0.5, 0.6) is 0 Å². The Morgan fingerprint density at radius 2 is 1.68 bits per heavy atom. The third-order valence-corrected chi connectivity index (χ3v) is 6.64. The van der Waals surface area contributed by atoms with Crippen molar-refractivity contribution in [3.8, 4) is 0 Å². The molecule has 0 amide bonds. The van der Waals surface area contributed by atoms with Gasteiger partial charge in [0.05, 0.1) is 0 Å². The van der Waals surface area contributed by atoms with Crippen LogP contribution in [0.15, 0.2) is 18.5 Å². The molecule has 0 aliphatic carbocycles. The first-order chi connectivity index (χ1) is 10.5. The molecule has 0 radical (unpaired) electrons. The van der Waals surface area contributed by atoms with Crippen molar-refractivity contribution in [3.05, 3.63) is 18.5 Å². The summed E-state index contributed by atoms with van der Waals surface area (Å²) < 4.78 is 29.4. The third-order valence-electron chi connectivity index (χ3n) is 4.61. The van der Waals surface area contributed by atoms with Crippen molar-refractivity contribution in [2.24, 2.45) is 0 Å². The number of piperidine rings is 1. The molecule has 3 heterocycles. The van der Waals surface area contributed by atoms with E-state index in [1.807, 2.05) is 0 Å². The minimum absolute atomic E-state index is 0.199. The fraction of sp³-hybridized carbons (Fsp3) is 0.692. The molecule has 0 unspecified atom stereocenters. The normalized spacial score (nSPS) is 23.6. The highest BCUT2D eigenvalue weighted by atomic mass is 32.2. The van der Waals surface area contributed by atoms with Gasteiger partial charge in [-0.05, 0) is 31.7 Å². The molecule has 2 aliphatic heterocycles. The highest BCUT2D eigenvalue weighted by Crippen LogP contribution is 2.32. The van der Waals surface area contributed by atoms with Gasteiger partial charge in [0, 0.05) is 38.6 Å². The van der Waals surface area contributed by atoms with E-state index in [9.17, 15) is 18.3 Å². The van der Waals surface area contributed by atoms with Gasteiger partial charge >= 0.3 is 5.97 Å². The summed E-state index contributed by atoms with van der Waals surface area (Å²) in [5, 5.41) is 13.7. The third kappa shape index (κ3) is 2.42. The van der Waals surface area contributed by atoms with Crippen LogP contribution < -0.4 is 0 Å². The molecule has 0 atom stereocenters. The Labute approximate surface area is 129 Å². The molecule has 2 fully saturated rings. The zero-order valence-corrected chi connectivity index (χ0v) is 13.1. The van der Waals surface area contributed by atoms with E-state index in [0.29, 0.717) is 13.1 Å². The predicted molar refractivity (Wildman–Crippen MR) is 78.4 cm³/mol. The quantitative estimate of drug-likeness (QED) is 0.846. The molecule has 0 aromatic carbocycles. The zero-order valence-electron chi connectivity index (χ0n) is 12.3. The van der Waals surface area contributed by atoms with Crippen molar-refractivity contribution in [2.75, 3.05) is 26.2 Å². The van der Waals surface area contributed by atoms with E-state index in [1.165, 1.54) is 19.5 Å². The lowest BCUT2D eigenvalue weighted by atomic mass is 9.88. The summed E-state index contributed by atoms with van der Waals surface area (Å²) in [6.45, 7) is 1.51. The number of aliphatic carboxylic acids is 1. The summed E-state index contributed by atoms with van der Waals surface area (Å²) in [6.07, 6.45) is 5.38. The van der Waals surface area contributed by atoms with Gasteiger partial charge in [-0.1, -0.05) is 0 Å². The lowest BCUT2D eigenvalue weighted by Crippen LogP contribution is -2.54. The lowest BCUT2D eigenvalue weighted by molar-refractivity contribution is -0.150. The Hall–Kier alpha value is -1.45. The van der Waals surface area contributed by atoms with Gasteiger partial charge in [0.25, 0.3) is 10.2 Å². The molecule has 1 aromatic rings. The van der Waals surface area contributed by atoms with Gasteiger partial charge in [0.2, 0.25) is 0 Å². The molecular formula is C13H20N4O4S. The summed E-state index contributed by atoms with van der Waals surface area (Å²) in [7, 11) is -3.46. The van der Waals surface area contributed by atoms with Crippen LogP contribution in [-0.2, 0) is 20.5 Å². The van der Waals surface area contributed by atoms with E-state index in [2.05, 4.69) is 5.10 Å². The van der Waals surface area contributed by atoms with Crippen LogP contribution in [0.2, 0.25) is 0 Å². The Morgan fingerprint density at radius 3 is 2.18 bits per heavy atom. The van der Waals surface area contributed by atoms with E-state index in [1.54, 1.807) is 12.3 Å². The number of carboxylic acid groups (broad SMARTS) is 1. The van der Waals surface area contributed by atoms with E-state index in [0.717, 1.165) is 12.8 Å². The smallest absolute Gasteiger partial charge is 0.331 e. The van der Waals surface area contributed by atoms with Crippen LogP contribution in [0.25, 0.3) is 0 Å². The molecule has 8 nitrogen and oxygen atoms in total. The molecular weight excluding hydrogens is 308 g/mol. The molecule has 1 aromatic heterocycles. The van der Waals surface area contributed by atoms with Gasteiger partial charge in [0.15, 0.2) is 5.54 Å². The molecule has 0 spiro atoms. The Balaban J connectivity index is 1.78. The first-order valence-corrected chi connectivity index (χ1v) is 8.85. The maximum atomic E-state index is 12.5. The van der Waals surface area contributed by atoms with E-state index in [4.69, 9.17) is 0 Å². The second kappa shape index (κ2) is 5.64. The molecule has 9 heteroatoms. The van der Waals surface area contributed by atoms with Gasteiger partial charge < -0.3 is 5.11 Å². The van der Waals surface area contributed by atoms with Crippen LogP contribution in [0.3, 0.4) is 0 Å². The zero-order chi connectivity index (χ0) is 15.8. The molecule has 22 heavy (non-hydrogen) atoms. The molecule has 3 rings (SSSR count). The first kappa shape index (κ1) is 15.4. The topological polar surface area (TPSA) is 95.7 Å². The Morgan fingerprint density at radius 1 is 1.09 bits per heavy atom. The number of aromatic nitrogens is 2. The van der Waals surface area contributed by atoms with Crippen LogP contribution in [0, 0.1) is 0 Å². The van der Waals surface area contributed by atoms with Crippen LogP contribution in [-0.4, -0.2) is 64.1 Å². The van der Waals surface area contributed by atoms with Crippen LogP contribution in [0.1, 0.15) is 25.7 Å². The van der Waals surface area contributed by atoms with Crippen molar-refractivity contribution in [3.63, 3.8) is 0 Å². The highest BCUT2D eigenvalue weighted by Gasteiger charge is 2.47. The maximum absolute atomic E-state index is 12.5. The Bertz CT molecular complexity index is 629. The number of hydrogen-bond donors (Lipinski definition) is 1. The maximum Gasteiger partial charge on any atom is 0.331 e. The second-order valence-electron chi connectivity index (χ2n) is 5.80. The van der Waals surface area contributed by atoms with Gasteiger partial charge in [-0.25, -0.2) is 4.79 Å². The minimum atomic E-state index is -3.46. The van der Waals surface area contributed by atoms with Crippen molar-refractivity contribution >= 4 is 16.2 Å². The summed E-state index contributed by atoms with van der Waals surface area (Å²) in [6, 6.07) is 1.68. The van der Waals surface area contributed by atoms with Crippen LogP contribution >= 0.6 is 0 Å². The van der Waals surface area contributed by atoms with Gasteiger partial charge in [0.1, 0.15) is 0 Å². The molecule has 2 aliphatic rings. The molecule has 1 N–H and O–H groups in total. The fourth-order valence-corrected chi connectivity index (χ4v) is 4.92. The summed E-state index contributed by atoms with van der Waals surface area (Å²) in [4.78, 5) is 11.7. The van der Waals surface area contributed by atoms with Gasteiger partial charge in [-0.15, -0.1) is 0 Å². The van der Waals surface area contributed by atoms with Gasteiger partial charge in [-0.3, -0.25) is 4.68 Å². The molecule has 0 bridgehead atoms. The summed E-state index contributed by atoms with van der Waals surface area (Å²) >= 11 is 0. The fourth-order valence-electron chi connectivity index (χ4n) is 3.23. The number of rotatable bonds is 4. The summed E-state index contributed by atoms with van der Waals surface area (Å²) in [5.41, 5.74) is -1.15. The Kier molecular flexibility index (Phi) is 3.96. The predicted octanol–water partition coefficient (Wildman–Crippen LogP) is 0.0994. The SMILES string of the molecule is O=C(O)C1(n2cccn2)CCN(S(=O)(=O)N2CCCC2)CC1. The average molecular weight is 328 g/mol. The van der Waals surface area contributed by atoms with Crippen molar-refractivity contribution in [1.29, 1.82) is 0 Å². The van der Waals surface area contributed by atoms with E-state index in [-0.39, 0.29) is 25.9 Å². The lowest BCUT2D eigenvalue weighted by Gasteiger charge is -2.39. The molecule has 122 valence electrons. The highest BCUT2D eigenvalue weighted by molar-refractivity contribution is 7.86. The van der Waals surface area contributed by atoms with E-state index >= 15 is 0 Å². The minimum Gasteiger partial charge on any atom is -0.479 e. The summed E-state index contributed by atoms with van der Waals surface area (Å²) in [5.74, 6) is -0.963. The van der Waals surface area contributed by atoms with Crippen molar-refractivity contribution in [1.82, 2.24) is 18.4 Å². The first-order valence-electron chi connectivity index (χ1n) is 7.45. The number of carboxylic acids is 1. The van der Waals surface area contributed by atoms with Crippen molar-refractivity contribution in [2.45, 2.75) is 31.2 Å². The monoisotopic (exact) mass is 328 g/mol. The standard InChI is InChI=1S/C13H20N4O4S/c18-12(19)13(17-9-3-6-14-17)4-10-16(11-5-13)22(20,21)15-7-1-2-8-15/h3,6,9H,1-2,4-5,7-8,10-11H2,(H,18,19). The number of nitrogens with zero attached hydrogens (tertiary/aromatic N) is 4. The molecule has 2 saturated heterocycles. The molecule has 0 saturated carbocycles. The average Bonchev–Trinajstić information content (AvgIpc) is 3.20.